The SMILES string of the molecule is Nc1ccccc1NS(=O)(=O)c1c(Cl)ccc2ccccc12. The van der Waals surface area contributed by atoms with Crippen molar-refractivity contribution in [1.29, 1.82) is 0 Å². The molecular formula is C16H13ClN2O2S. The molecule has 0 amide bonds. The molecule has 4 nitrogen and oxygen atoms in total. The zero-order valence-electron chi connectivity index (χ0n) is 11.5. The number of halogens is 1. The Balaban J connectivity index is 2.18. The normalized spacial score (nSPS) is 11.5. The molecule has 0 heterocycles. The van der Waals surface area contributed by atoms with Gasteiger partial charge in [0.05, 0.1) is 16.4 Å². The van der Waals surface area contributed by atoms with Crippen LogP contribution in [0.25, 0.3) is 10.8 Å². The molecular weight excluding hydrogens is 320 g/mol. The number of sulfonamides is 1. The molecule has 0 bridgehead atoms. The van der Waals surface area contributed by atoms with E-state index in [0.717, 1.165) is 5.39 Å². The minimum atomic E-state index is -3.86. The highest BCUT2D eigenvalue weighted by Gasteiger charge is 2.21. The van der Waals surface area contributed by atoms with Gasteiger partial charge in [-0.2, -0.15) is 0 Å². The van der Waals surface area contributed by atoms with Crippen LogP contribution in [0.4, 0.5) is 11.4 Å². The molecule has 3 rings (SSSR count). The van der Waals surface area contributed by atoms with Gasteiger partial charge in [-0.1, -0.05) is 54.1 Å². The lowest BCUT2D eigenvalue weighted by Gasteiger charge is -2.13. The largest absolute Gasteiger partial charge is 0.397 e. The third-order valence-electron chi connectivity index (χ3n) is 3.31. The van der Waals surface area contributed by atoms with E-state index in [4.69, 9.17) is 17.3 Å². The molecule has 112 valence electrons. The standard InChI is InChI=1S/C16H13ClN2O2S/c17-13-10-9-11-5-1-2-6-12(11)16(13)22(20,21)19-15-8-4-3-7-14(15)18/h1-10,19H,18H2. The van der Waals surface area contributed by atoms with Gasteiger partial charge in [-0.3, -0.25) is 4.72 Å². The van der Waals surface area contributed by atoms with Crippen molar-refractivity contribution in [3.05, 3.63) is 65.7 Å². The van der Waals surface area contributed by atoms with Crippen molar-refractivity contribution in [2.45, 2.75) is 4.90 Å². The van der Waals surface area contributed by atoms with Crippen LogP contribution in [0.2, 0.25) is 5.02 Å². The van der Waals surface area contributed by atoms with E-state index in [-0.39, 0.29) is 9.92 Å². The highest BCUT2D eigenvalue weighted by Crippen LogP contribution is 2.32. The third kappa shape index (κ3) is 2.61. The predicted molar refractivity (Wildman–Crippen MR) is 90.6 cm³/mol. The summed E-state index contributed by atoms with van der Waals surface area (Å²) in [5.41, 5.74) is 6.47. The number of rotatable bonds is 3. The fourth-order valence-electron chi connectivity index (χ4n) is 2.28. The van der Waals surface area contributed by atoms with Crippen molar-refractivity contribution >= 4 is 43.8 Å². The Morgan fingerprint density at radius 2 is 1.59 bits per heavy atom. The first-order valence-corrected chi connectivity index (χ1v) is 8.40. The van der Waals surface area contributed by atoms with E-state index in [1.165, 1.54) is 0 Å². The van der Waals surface area contributed by atoms with Gasteiger partial charge in [0.1, 0.15) is 4.90 Å². The molecule has 0 saturated heterocycles. The molecule has 0 spiro atoms. The van der Waals surface area contributed by atoms with Crippen LogP contribution in [0, 0.1) is 0 Å². The van der Waals surface area contributed by atoms with Crippen LogP contribution in [-0.4, -0.2) is 8.42 Å². The Morgan fingerprint density at radius 3 is 2.36 bits per heavy atom. The number of anilines is 2. The minimum Gasteiger partial charge on any atom is -0.397 e. The van der Waals surface area contributed by atoms with Gasteiger partial charge in [0.15, 0.2) is 0 Å². The van der Waals surface area contributed by atoms with Crippen LogP contribution in [0.1, 0.15) is 0 Å². The molecule has 0 aliphatic carbocycles. The van der Waals surface area contributed by atoms with Gasteiger partial charge in [0.2, 0.25) is 0 Å². The molecule has 6 heteroatoms. The molecule has 0 saturated carbocycles. The van der Waals surface area contributed by atoms with Gasteiger partial charge in [-0.15, -0.1) is 0 Å². The Kier molecular flexibility index (Phi) is 3.68. The van der Waals surface area contributed by atoms with Gasteiger partial charge in [-0.05, 0) is 23.6 Å². The van der Waals surface area contributed by atoms with E-state index in [1.54, 1.807) is 48.5 Å². The fraction of sp³-hybridized carbons (Fsp3) is 0. The predicted octanol–water partition coefficient (Wildman–Crippen LogP) is 3.88. The molecule has 0 aromatic heterocycles. The molecule has 0 unspecified atom stereocenters. The van der Waals surface area contributed by atoms with Crippen LogP contribution >= 0.6 is 11.6 Å². The van der Waals surface area contributed by atoms with Crippen molar-refractivity contribution < 1.29 is 8.42 Å². The summed E-state index contributed by atoms with van der Waals surface area (Å²) in [7, 11) is -3.86. The van der Waals surface area contributed by atoms with Gasteiger partial charge in [0, 0.05) is 5.39 Å². The second-order valence-electron chi connectivity index (χ2n) is 4.79. The number of nitrogens with one attached hydrogen (secondary N) is 1. The summed E-state index contributed by atoms with van der Waals surface area (Å²) < 4.78 is 28.0. The lowest BCUT2D eigenvalue weighted by Crippen LogP contribution is -2.15. The van der Waals surface area contributed by atoms with Gasteiger partial charge in [-0.25, -0.2) is 8.42 Å². The lowest BCUT2D eigenvalue weighted by atomic mass is 10.1. The number of hydrogen-bond donors (Lipinski definition) is 2. The van der Waals surface area contributed by atoms with Crippen molar-refractivity contribution in [2.24, 2.45) is 0 Å². The molecule has 0 fully saturated rings. The van der Waals surface area contributed by atoms with Crippen LogP contribution < -0.4 is 10.5 Å². The van der Waals surface area contributed by atoms with Crippen molar-refractivity contribution in [3.63, 3.8) is 0 Å². The lowest BCUT2D eigenvalue weighted by molar-refractivity contribution is 0.602. The van der Waals surface area contributed by atoms with Gasteiger partial charge >= 0.3 is 0 Å². The summed E-state index contributed by atoms with van der Waals surface area (Å²) >= 11 is 6.14. The second kappa shape index (κ2) is 5.51. The van der Waals surface area contributed by atoms with E-state index in [9.17, 15) is 8.42 Å². The summed E-state index contributed by atoms with van der Waals surface area (Å²) in [6.07, 6.45) is 0. The zero-order chi connectivity index (χ0) is 15.7. The van der Waals surface area contributed by atoms with Crippen LogP contribution in [-0.2, 0) is 10.0 Å². The number of nitrogen functional groups attached to an aromatic ring is 1. The maximum atomic E-state index is 12.7. The van der Waals surface area contributed by atoms with Crippen LogP contribution in [0.5, 0.6) is 0 Å². The number of benzene rings is 3. The average molecular weight is 333 g/mol. The van der Waals surface area contributed by atoms with Crippen LogP contribution in [0.15, 0.2) is 65.6 Å². The highest BCUT2D eigenvalue weighted by atomic mass is 35.5. The Morgan fingerprint density at radius 1 is 0.909 bits per heavy atom. The topological polar surface area (TPSA) is 72.2 Å². The second-order valence-corrected chi connectivity index (χ2v) is 6.82. The quantitative estimate of drug-likeness (QED) is 0.715. The van der Waals surface area contributed by atoms with Gasteiger partial charge in [0.25, 0.3) is 10.0 Å². The van der Waals surface area contributed by atoms with E-state index in [2.05, 4.69) is 4.72 Å². The number of fused-ring (bicyclic) bond motifs is 1. The number of hydrogen-bond acceptors (Lipinski definition) is 3. The average Bonchev–Trinajstić information content (AvgIpc) is 2.49. The first-order valence-electron chi connectivity index (χ1n) is 6.53. The molecule has 3 aromatic rings. The summed E-state index contributed by atoms with van der Waals surface area (Å²) in [4.78, 5) is 0.0514. The highest BCUT2D eigenvalue weighted by molar-refractivity contribution is 7.93. The Hall–Kier alpha value is -2.24. The maximum Gasteiger partial charge on any atom is 0.264 e. The minimum absolute atomic E-state index is 0.0514. The maximum absolute atomic E-state index is 12.7. The van der Waals surface area contributed by atoms with Crippen LogP contribution in [0.3, 0.4) is 0 Å². The summed E-state index contributed by atoms with van der Waals surface area (Å²) in [6.45, 7) is 0. The van der Waals surface area contributed by atoms with Crippen molar-refractivity contribution in [1.82, 2.24) is 0 Å². The molecule has 3 N–H and O–H groups in total. The third-order valence-corrected chi connectivity index (χ3v) is 5.20. The van der Waals surface area contributed by atoms with E-state index >= 15 is 0 Å². The van der Waals surface area contributed by atoms with Gasteiger partial charge < -0.3 is 5.73 Å². The molecule has 22 heavy (non-hydrogen) atoms. The molecule has 3 aromatic carbocycles. The van der Waals surface area contributed by atoms with Crippen molar-refractivity contribution in [2.75, 3.05) is 10.5 Å². The zero-order valence-corrected chi connectivity index (χ0v) is 13.0. The summed E-state index contributed by atoms with van der Waals surface area (Å²) in [5, 5.41) is 1.53. The fourth-order valence-corrected chi connectivity index (χ4v) is 4.12. The molecule has 0 aliphatic rings. The summed E-state index contributed by atoms with van der Waals surface area (Å²) in [5.74, 6) is 0. The monoisotopic (exact) mass is 332 g/mol. The first kappa shape index (κ1) is 14.7. The van der Waals surface area contributed by atoms with E-state index in [0.29, 0.717) is 16.8 Å². The Labute approximate surface area is 133 Å². The Bertz CT molecular complexity index is 955. The van der Waals surface area contributed by atoms with E-state index < -0.39 is 10.0 Å². The molecule has 0 atom stereocenters. The smallest absolute Gasteiger partial charge is 0.264 e. The van der Waals surface area contributed by atoms with E-state index in [1.807, 2.05) is 12.1 Å². The molecule has 0 radical (unpaired) electrons. The number of para-hydroxylation sites is 2. The first-order chi connectivity index (χ1) is 10.5. The van der Waals surface area contributed by atoms with Crippen molar-refractivity contribution in [3.8, 4) is 0 Å². The number of nitrogens with two attached hydrogens (primary N) is 1. The molecule has 0 aliphatic heterocycles. The summed E-state index contributed by atoms with van der Waals surface area (Å²) in [6, 6.07) is 17.2.